The van der Waals surface area contributed by atoms with E-state index in [1.54, 1.807) is 0 Å². The number of nitrogens with zero attached hydrogens (tertiary/aromatic N) is 4. The van der Waals surface area contributed by atoms with Gasteiger partial charge in [0.2, 0.25) is 0 Å². The summed E-state index contributed by atoms with van der Waals surface area (Å²) < 4.78 is 27.6. The summed E-state index contributed by atoms with van der Waals surface area (Å²) >= 11 is 0. The van der Waals surface area contributed by atoms with Crippen LogP contribution < -0.4 is 5.73 Å². The molecule has 0 bridgehead atoms. The molecule has 0 unspecified atom stereocenters. The molecule has 15 heavy (non-hydrogen) atoms. The lowest BCUT2D eigenvalue weighted by Gasteiger charge is -2.03. The first-order valence-corrected chi connectivity index (χ1v) is 4.07. The largest absolute Gasteiger partial charge is 0.399 e. The fraction of sp³-hybridized carbons (Fsp3) is 0.125. The second kappa shape index (κ2) is 3.26. The van der Waals surface area contributed by atoms with Gasteiger partial charge in [0.25, 0.3) is 0 Å². The zero-order valence-electron chi connectivity index (χ0n) is 7.78. The van der Waals surface area contributed by atoms with Crippen LogP contribution in [0.5, 0.6) is 0 Å². The van der Waals surface area contributed by atoms with Gasteiger partial charge in [-0.3, -0.25) is 0 Å². The molecule has 2 N–H and O–H groups in total. The minimum absolute atomic E-state index is 0.0556. The van der Waals surface area contributed by atoms with E-state index in [9.17, 15) is 8.78 Å². The normalized spacial score (nSPS) is 10.6. The molecule has 0 atom stereocenters. The van der Waals surface area contributed by atoms with Gasteiger partial charge in [-0.2, -0.15) is 0 Å². The molecular formula is C8H7F2N5. The predicted octanol–water partition coefficient (Wildman–Crippen LogP) is 0.737. The lowest BCUT2D eigenvalue weighted by atomic mass is 10.1. The lowest BCUT2D eigenvalue weighted by Crippen LogP contribution is -2.00. The highest BCUT2D eigenvalue weighted by molar-refractivity contribution is 5.61. The van der Waals surface area contributed by atoms with E-state index in [0.717, 1.165) is 6.07 Å². The van der Waals surface area contributed by atoms with Gasteiger partial charge in [0.15, 0.2) is 17.5 Å². The van der Waals surface area contributed by atoms with Crippen molar-refractivity contribution in [1.82, 2.24) is 20.2 Å². The van der Waals surface area contributed by atoms with Crippen LogP contribution in [-0.2, 0) is 7.05 Å². The molecule has 78 valence electrons. The summed E-state index contributed by atoms with van der Waals surface area (Å²) in [5, 5.41) is 10.4. The third kappa shape index (κ3) is 1.51. The molecule has 0 saturated carbocycles. The predicted molar refractivity (Wildman–Crippen MR) is 48.6 cm³/mol. The molecule has 0 radical (unpaired) electrons. The first-order valence-electron chi connectivity index (χ1n) is 4.07. The number of nitrogen functional groups attached to an aromatic ring is 1. The Labute approximate surface area is 83.5 Å². The molecule has 0 saturated heterocycles. The van der Waals surface area contributed by atoms with E-state index in [-0.39, 0.29) is 17.1 Å². The minimum Gasteiger partial charge on any atom is -0.399 e. The molecule has 2 rings (SSSR count). The maximum absolute atomic E-state index is 13.4. The van der Waals surface area contributed by atoms with Gasteiger partial charge in [-0.1, -0.05) is 0 Å². The molecule has 5 nitrogen and oxygen atoms in total. The number of aromatic nitrogens is 4. The van der Waals surface area contributed by atoms with Crippen molar-refractivity contribution < 1.29 is 8.78 Å². The van der Waals surface area contributed by atoms with Crippen LogP contribution in [0.4, 0.5) is 14.5 Å². The summed E-state index contributed by atoms with van der Waals surface area (Å²) in [6.45, 7) is 0. The van der Waals surface area contributed by atoms with Gasteiger partial charge < -0.3 is 5.73 Å². The van der Waals surface area contributed by atoms with Crippen LogP contribution in [0.25, 0.3) is 11.4 Å². The molecule has 1 aromatic heterocycles. The number of tetrazole rings is 1. The van der Waals surface area contributed by atoms with E-state index in [1.807, 2.05) is 0 Å². The Morgan fingerprint density at radius 1 is 1.33 bits per heavy atom. The van der Waals surface area contributed by atoms with Crippen molar-refractivity contribution in [3.63, 3.8) is 0 Å². The van der Waals surface area contributed by atoms with Gasteiger partial charge in [0.1, 0.15) is 0 Å². The van der Waals surface area contributed by atoms with Crippen LogP contribution in [0.15, 0.2) is 12.1 Å². The molecule has 0 aliphatic heterocycles. The van der Waals surface area contributed by atoms with Crippen LogP contribution in [0.1, 0.15) is 0 Å². The standard InChI is InChI=1S/C8H7F2N5/c1-15-8(12-13-14-15)5-2-4(11)3-6(9)7(5)10/h2-3H,11H2,1H3. The van der Waals surface area contributed by atoms with Gasteiger partial charge in [0.05, 0.1) is 5.56 Å². The van der Waals surface area contributed by atoms with Crippen LogP contribution in [0, 0.1) is 11.6 Å². The Bertz CT molecular complexity index is 508. The van der Waals surface area contributed by atoms with Crippen LogP contribution in [0.2, 0.25) is 0 Å². The maximum atomic E-state index is 13.4. The van der Waals surface area contributed by atoms with E-state index in [2.05, 4.69) is 15.5 Å². The third-order valence-electron chi connectivity index (χ3n) is 1.91. The molecule has 7 heteroatoms. The molecule has 1 aromatic carbocycles. The maximum Gasteiger partial charge on any atom is 0.184 e. The molecule has 2 aromatic rings. The summed E-state index contributed by atoms with van der Waals surface area (Å²) in [6, 6.07) is 2.19. The molecule has 0 amide bonds. The lowest BCUT2D eigenvalue weighted by molar-refractivity contribution is 0.510. The van der Waals surface area contributed by atoms with Crippen LogP contribution >= 0.6 is 0 Å². The Kier molecular flexibility index (Phi) is 2.07. The van der Waals surface area contributed by atoms with Crippen molar-refractivity contribution in [2.45, 2.75) is 0 Å². The number of hydrogen-bond acceptors (Lipinski definition) is 4. The highest BCUT2D eigenvalue weighted by Gasteiger charge is 2.16. The first kappa shape index (κ1) is 9.50. The summed E-state index contributed by atoms with van der Waals surface area (Å²) in [5.41, 5.74) is 5.46. The Hall–Kier alpha value is -2.05. The number of halogens is 2. The van der Waals surface area contributed by atoms with Crippen molar-refractivity contribution in [3.05, 3.63) is 23.8 Å². The van der Waals surface area contributed by atoms with Gasteiger partial charge in [-0.05, 0) is 22.6 Å². The second-order valence-corrected chi connectivity index (χ2v) is 2.99. The van der Waals surface area contributed by atoms with E-state index in [0.29, 0.717) is 0 Å². The summed E-state index contributed by atoms with van der Waals surface area (Å²) in [4.78, 5) is 0. The summed E-state index contributed by atoms with van der Waals surface area (Å²) in [6.07, 6.45) is 0. The third-order valence-corrected chi connectivity index (χ3v) is 1.91. The van der Waals surface area contributed by atoms with Crippen molar-refractivity contribution in [3.8, 4) is 11.4 Å². The topological polar surface area (TPSA) is 69.6 Å². The van der Waals surface area contributed by atoms with Crippen molar-refractivity contribution >= 4 is 5.69 Å². The Balaban J connectivity index is 2.68. The van der Waals surface area contributed by atoms with E-state index < -0.39 is 11.6 Å². The number of nitrogens with two attached hydrogens (primary N) is 1. The highest BCUT2D eigenvalue weighted by Crippen LogP contribution is 2.24. The van der Waals surface area contributed by atoms with Crippen LogP contribution in [0.3, 0.4) is 0 Å². The van der Waals surface area contributed by atoms with Gasteiger partial charge in [-0.25, -0.2) is 13.5 Å². The van der Waals surface area contributed by atoms with Crippen LogP contribution in [-0.4, -0.2) is 20.2 Å². The molecule has 0 aliphatic carbocycles. The van der Waals surface area contributed by atoms with Crippen molar-refractivity contribution in [2.24, 2.45) is 7.05 Å². The number of rotatable bonds is 1. The second-order valence-electron chi connectivity index (χ2n) is 2.99. The Morgan fingerprint density at radius 2 is 2.07 bits per heavy atom. The fourth-order valence-corrected chi connectivity index (χ4v) is 1.23. The Morgan fingerprint density at radius 3 is 2.67 bits per heavy atom. The average Bonchev–Trinajstić information content (AvgIpc) is 2.58. The number of benzene rings is 1. The van der Waals surface area contributed by atoms with E-state index in [4.69, 9.17) is 5.73 Å². The number of anilines is 1. The minimum atomic E-state index is -1.02. The van der Waals surface area contributed by atoms with Gasteiger partial charge >= 0.3 is 0 Å². The molecule has 1 heterocycles. The number of hydrogen-bond donors (Lipinski definition) is 1. The molecule has 0 fully saturated rings. The fourth-order valence-electron chi connectivity index (χ4n) is 1.23. The van der Waals surface area contributed by atoms with Crippen molar-refractivity contribution in [2.75, 3.05) is 5.73 Å². The SMILES string of the molecule is Cn1nnnc1-c1cc(N)cc(F)c1F. The highest BCUT2D eigenvalue weighted by atomic mass is 19.2. The van der Waals surface area contributed by atoms with E-state index >= 15 is 0 Å². The van der Waals surface area contributed by atoms with E-state index in [1.165, 1.54) is 17.8 Å². The number of aryl methyl sites for hydroxylation is 1. The summed E-state index contributed by atoms with van der Waals surface area (Å²) in [7, 11) is 1.52. The van der Waals surface area contributed by atoms with Gasteiger partial charge in [0, 0.05) is 12.7 Å². The first-order chi connectivity index (χ1) is 7.09. The zero-order valence-corrected chi connectivity index (χ0v) is 7.78. The van der Waals surface area contributed by atoms with Crippen molar-refractivity contribution in [1.29, 1.82) is 0 Å². The summed E-state index contributed by atoms with van der Waals surface area (Å²) in [5.74, 6) is -1.91. The average molecular weight is 211 g/mol. The smallest absolute Gasteiger partial charge is 0.184 e. The monoisotopic (exact) mass is 211 g/mol. The molecule has 0 spiro atoms. The quantitative estimate of drug-likeness (QED) is 0.706. The zero-order chi connectivity index (χ0) is 11.0. The molecular weight excluding hydrogens is 204 g/mol. The van der Waals surface area contributed by atoms with Gasteiger partial charge in [-0.15, -0.1) is 5.10 Å². The molecule has 0 aliphatic rings.